The summed E-state index contributed by atoms with van der Waals surface area (Å²) >= 11 is 0. The Morgan fingerprint density at radius 3 is 2.69 bits per heavy atom. The molecule has 0 saturated carbocycles. The van der Waals surface area contributed by atoms with Crippen molar-refractivity contribution in [3.8, 4) is 11.9 Å². The number of aromatic nitrogens is 1. The lowest BCUT2D eigenvalue weighted by Gasteiger charge is -2.09. The van der Waals surface area contributed by atoms with E-state index in [0.29, 0.717) is 0 Å². The first-order chi connectivity index (χ1) is 7.51. The number of hydrogen-bond acceptors (Lipinski definition) is 4. The number of pyridine rings is 1. The molecule has 1 aromatic rings. The van der Waals surface area contributed by atoms with E-state index in [9.17, 15) is 13.6 Å². The smallest absolute Gasteiger partial charge is 0.341 e. The van der Waals surface area contributed by atoms with Crippen molar-refractivity contribution in [2.75, 3.05) is 7.11 Å². The molecule has 0 atom stereocenters. The van der Waals surface area contributed by atoms with Crippen LogP contribution in [0.15, 0.2) is 6.07 Å². The second kappa shape index (κ2) is 4.53. The quantitative estimate of drug-likeness (QED) is 0.849. The zero-order valence-corrected chi connectivity index (χ0v) is 8.07. The molecule has 0 aliphatic carbocycles. The Morgan fingerprint density at radius 2 is 2.31 bits per heavy atom. The summed E-state index contributed by atoms with van der Waals surface area (Å²) in [6.45, 7) is 0. The van der Waals surface area contributed by atoms with Crippen molar-refractivity contribution in [3.05, 3.63) is 22.9 Å². The highest BCUT2D eigenvalue weighted by Crippen LogP contribution is 2.29. The lowest BCUT2D eigenvalue weighted by atomic mass is 10.1. The minimum atomic E-state index is -3.02. The van der Waals surface area contributed by atoms with Crippen LogP contribution in [-0.4, -0.2) is 23.2 Å². The van der Waals surface area contributed by atoms with Gasteiger partial charge in [0.15, 0.2) is 0 Å². The normalized spacial score (nSPS) is 9.94. The molecule has 7 heteroatoms. The monoisotopic (exact) mass is 228 g/mol. The van der Waals surface area contributed by atoms with E-state index in [4.69, 9.17) is 10.4 Å². The van der Waals surface area contributed by atoms with Gasteiger partial charge in [-0.2, -0.15) is 5.26 Å². The molecule has 0 aromatic carbocycles. The van der Waals surface area contributed by atoms with Gasteiger partial charge in [0.25, 0.3) is 6.43 Å². The Morgan fingerprint density at radius 1 is 1.69 bits per heavy atom. The average molecular weight is 228 g/mol. The summed E-state index contributed by atoms with van der Waals surface area (Å²) in [4.78, 5) is 14.2. The molecule has 16 heavy (non-hydrogen) atoms. The van der Waals surface area contributed by atoms with Crippen LogP contribution in [0.3, 0.4) is 0 Å². The van der Waals surface area contributed by atoms with Crippen LogP contribution in [0.5, 0.6) is 5.88 Å². The maximum absolute atomic E-state index is 12.6. The maximum Gasteiger partial charge on any atom is 0.341 e. The van der Waals surface area contributed by atoms with Gasteiger partial charge in [-0.05, 0) is 6.07 Å². The fraction of sp³-hybridized carbons (Fsp3) is 0.222. The Kier molecular flexibility index (Phi) is 3.35. The second-order valence-electron chi connectivity index (χ2n) is 2.70. The summed E-state index contributed by atoms with van der Waals surface area (Å²) in [6.07, 6.45) is -3.02. The van der Waals surface area contributed by atoms with Gasteiger partial charge < -0.3 is 9.84 Å². The van der Waals surface area contributed by atoms with Gasteiger partial charge >= 0.3 is 5.97 Å². The van der Waals surface area contributed by atoms with Gasteiger partial charge in [0.2, 0.25) is 5.88 Å². The highest BCUT2D eigenvalue weighted by atomic mass is 19.3. The van der Waals surface area contributed by atoms with Crippen molar-refractivity contribution in [3.63, 3.8) is 0 Å². The second-order valence-corrected chi connectivity index (χ2v) is 2.70. The molecule has 0 bridgehead atoms. The van der Waals surface area contributed by atoms with Crippen molar-refractivity contribution in [2.45, 2.75) is 6.43 Å². The first-order valence-electron chi connectivity index (χ1n) is 4.01. The average Bonchev–Trinajstić information content (AvgIpc) is 2.26. The van der Waals surface area contributed by atoms with Crippen LogP contribution in [0.4, 0.5) is 8.78 Å². The number of ether oxygens (including phenoxy) is 1. The van der Waals surface area contributed by atoms with E-state index >= 15 is 0 Å². The third kappa shape index (κ3) is 2.06. The standard InChI is InChI=1S/C9H6F2N2O3/c1-16-8-6(9(14)15)5(7(10)11)2-4(3-12)13-8/h2,7H,1H3,(H,14,15). The van der Waals surface area contributed by atoms with Gasteiger partial charge in [0, 0.05) is 5.56 Å². The van der Waals surface area contributed by atoms with Gasteiger partial charge in [-0.15, -0.1) is 0 Å². The maximum atomic E-state index is 12.6. The lowest BCUT2D eigenvalue weighted by molar-refractivity contribution is 0.0679. The van der Waals surface area contributed by atoms with E-state index in [1.165, 1.54) is 0 Å². The Balaban J connectivity index is 3.55. The van der Waals surface area contributed by atoms with Crippen molar-refractivity contribution in [1.82, 2.24) is 4.98 Å². The first-order valence-corrected chi connectivity index (χ1v) is 4.01. The summed E-state index contributed by atoms with van der Waals surface area (Å²) in [6, 6.07) is 2.28. The lowest BCUT2D eigenvalue weighted by Crippen LogP contribution is -2.09. The summed E-state index contributed by atoms with van der Waals surface area (Å²) in [7, 11) is 1.09. The minimum Gasteiger partial charge on any atom is -0.480 e. The molecule has 0 spiro atoms. The Bertz CT molecular complexity index is 469. The van der Waals surface area contributed by atoms with Crippen molar-refractivity contribution in [1.29, 1.82) is 5.26 Å². The van der Waals surface area contributed by atoms with E-state index < -0.39 is 29.4 Å². The van der Waals surface area contributed by atoms with Crippen molar-refractivity contribution >= 4 is 5.97 Å². The molecule has 0 fully saturated rings. The van der Waals surface area contributed by atoms with Gasteiger partial charge in [-0.1, -0.05) is 0 Å². The largest absolute Gasteiger partial charge is 0.480 e. The molecule has 1 N–H and O–H groups in total. The molecule has 0 amide bonds. The number of rotatable bonds is 3. The number of nitriles is 1. The van der Waals surface area contributed by atoms with E-state index in [2.05, 4.69) is 9.72 Å². The number of carboxylic acid groups (broad SMARTS) is 1. The number of methoxy groups -OCH3 is 1. The number of carboxylic acids is 1. The van der Waals surface area contributed by atoms with E-state index in [0.717, 1.165) is 13.2 Å². The summed E-state index contributed by atoms with van der Waals surface area (Å²) in [5.74, 6) is -2.08. The molecule has 0 aliphatic heterocycles. The van der Waals surface area contributed by atoms with Crippen molar-refractivity contribution in [2.24, 2.45) is 0 Å². The van der Waals surface area contributed by atoms with Crippen LogP contribution in [0.1, 0.15) is 28.0 Å². The number of nitrogens with zero attached hydrogens (tertiary/aromatic N) is 2. The minimum absolute atomic E-state index is 0.322. The van der Waals surface area contributed by atoms with Crippen LogP contribution in [-0.2, 0) is 0 Å². The number of carbonyl (C=O) groups is 1. The third-order valence-corrected chi connectivity index (χ3v) is 1.77. The van der Waals surface area contributed by atoms with E-state index in [1.54, 1.807) is 6.07 Å². The van der Waals surface area contributed by atoms with Crippen LogP contribution >= 0.6 is 0 Å². The first kappa shape index (κ1) is 11.8. The van der Waals surface area contributed by atoms with Crippen LogP contribution in [0, 0.1) is 11.3 Å². The summed E-state index contributed by atoms with van der Waals surface area (Å²) in [5.41, 5.74) is -1.83. The predicted molar refractivity (Wildman–Crippen MR) is 47.4 cm³/mol. The van der Waals surface area contributed by atoms with Crippen LogP contribution in [0.25, 0.3) is 0 Å². The predicted octanol–water partition coefficient (Wildman–Crippen LogP) is 1.60. The fourth-order valence-electron chi connectivity index (χ4n) is 1.13. The SMILES string of the molecule is COc1nc(C#N)cc(C(F)F)c1C(=O)O. The summed E-state index contributed by atoms with van der Waals surface area (Å²) < 4.78 is 29.7. The van der Waals surface area contributed by atoms with Gasteiger partial charge in [0.1, 0.15) is 17.3 Å². The molecule has 0 aliphatic rings. The van der Waals surface area contributed by atoms with Crippen molar-refractivity contribution < 1.29 is 23.4 Å². The van der Waals surface area contributed by atoms with E-state index in [-0.39, 0.29) is 5.69 Å². The number of halogens is 2. The molecule has 1 rings (SSSR count). The van der Waals surface area contributed by atoms with Crippen LogP contribution in [0.2, 0.25) is 0 Å². The molecular formula is C9H6F2N2O3. The summed E-state index contributed by atoms with van der Waals surface area (Å²) in [5, 5.41) is 17.3. The molecule has 0 radical (unpaired) electrons. The highest BCUT2D eigenvalue weighted by molar-refractivity contribution is 5.92. The topological polar surface area (TPSA) is 83.2 Å². The molecule has 0 unspecified atom stereocenters. The molecule has 1 heterocycles. The molecule has 5 nitrogen and oxygen atoms in total. The van der Waals surface area contributed by atoms with Gasteiger partial charge in [0.05, 0.1) is 7.11 Å². The number of alkyl halides is 2. The molecule has 1 aromatic heterocycles. The molecule has 84 valence electrons. The molecular weight excluding hydrogens is 222 g/mol. The van der Waals surface area contributed by atoms with Gasteiger partial charge in [-0.3, -0.25) is 0 Å². The zero-order valence-electron chi connectivity index (χ0n) is 8.07. The zero-order chi connectivity index (χ0) is 12.3. The Labute approximate surface area is 88.9 Å². The van der Waals surface area contributed by atoms with E-state index in [1.807, 2.05) is 0 Å². The molecule has 0 saturated heterocycles. The van der Waals surface area contributed by atoms with Gasteiger partial charge in [-0.25, -0.2) is 18.6 Å². The highest BCUT2D eigenvalue weighted by Gasteiger charge is 2.25. The fourth-order valence-corrected chi connectivity index (χ4v) is 1.13. The third-order valence-electron chi connectivity index (χ3n) is 1.77. The Hall–Kier alpha value is -2.23. The van der Waals surface area contributed by atoms with Crippen LogP contribution < -0.4 is 4.74 Å². The number of hydrogen-bond donors (Lipinski definition) is 1. The number of aromatic carboxylic acids is 1.